The number of terminal acetylenes is 1. The molecule has 2 aromatic rings. The predicted molar refractivity (Wildman–Crippen MR) is 111 cm³/mol. The number of nitro groups is 1. The van der Waals surface area contributed by atoms with Gasteiger partial charge in [-0.3, -0.25) is 14.8 Å². The summed E-state index contributed by atoms with van der Waals surface area (Å²) in [5.41, 5.74) is -0.0921. The molecule has 2 fully saturated rings. The number of aromatic nitrogens is 2. The van der Waals surface area contributed by atoms with Crippen LogP contribution in [-0.4, -0.2) is 58.6 Å². The van der Waals surface area contributed by atoms with Gasteiger partial charge in [0.25, 0.3) is 11.9 Å². The van der Waals surface area contributed by atoms with Crippen LogP contribution in [0.25, 0.3) is 0 Å². The minimum Gasteiger partial charge on any atom is -0.622 e. The standard InChI is InChI=1S/C19H19N5O6S/c1-2-9-22-10-16(24(28,12-22)19-21-20-18(31-19)13-3-4-13)30-17(25)11-29-15-7-5-14(6-8-15)23(26)27/h1,5-8,13,16H,3-4,9-12H2. The Morgan fingerprint density at radius 1 is 1.35 bits per heavy atom. The zero-order valence-corrected chi connectivity index (χ0v) is 17.2. The van der Waals surface area contributed by atoms with E-state index in [1.165, 1.54) is 35.6 Å². The SMILES string of the molecule is C#CCN1CC(OC(=O)COc2ccc([N+](=O)[O-])cc2)[N+]([O-])(c2nnc(C3CC3)s2)C1. The summed E-state index contributed by atoms with van der Waals surface area (Å²) in [6, 6.07) is 5.29. The van der Waals surface area contributed by atoms with E-state index >= 15 is 0 Å². The molecular weight excluding hydrogens is 426 g/mol. The van der Waals surface area contributed by atoms with Crippen molar-refractivity contribution in [3.05, 3.63) is 44.6 Å². The number of benzene rings is 1. The third kappa shape index (κ3) is 4.64. The molecule has 2 atom stereocenters. The summed E-state index contributed by atoms with van der Waals surface area (Å²) in [5.74, 6) is 2.38. The van der Waals surface area contributed by atoms with Gasteiger partial charge in [0.15, 0.2) is 6.61 Å². The van der Waals surface area contributed by atoms with E-state index in [1.54, 1.807) is 4.90 Å². The lowest BCUT2D eigenvalue weighted by atomic mass is 10.3. The summed E-state index contributed by atoms with van der Waals surface area (Å²) in [4.78, 5) is 24.2. The highest BCUT2D eigenvalue weighted by molar-refractivity contribution is 7.15. The largest absolute Gasteiger partial charge is 0.622 e. The molecule has 2 aliphatic rings. The number of carbonyl (C=O) groups is 1. The fourth-order valence-electron chi connectivity index (χ4n) is 3.22. The van der Waals surface area contributed by atoms with Crippen molar-refractivity contribution in [1.29, 1.82) is 0 Å². The van der Waals surface area contributed by atoms with Crippen LogP contribution >= 0.6 is 11.3 Å². The first-order chi connectivity index (χ1) is 14.9. The molecule has 11 nitrogen and oxygen atoms in total. The maximum Gasteiger partial charge on any atom is 0.348 e. The van der Waals surface area contributed by atoms with Gasteiger partial charge in [0, 0.05) is 18.1 Å². The van der Waals surface area contributed by atoms with E-state index in [4.69, 9.17) is 15.9 Å². The molecule has 1 saturated heterocycles. The van der Waals surface area contributed by atoms with E-state index in [9.17, 15) is 20.1 Å². The average molecular weight is 445 g/mol. The number of nitro benzene ring substituents is 1. The molecule has 0 radical (unpaired) electrons. The normalized spacial score (nSPS) is 23.3. The average Bonchev–Trinajstić information content (AvgIpc) is 3.38. The Hall–Kier alpha value is -3.11. The highest BCUT2D eigenvalue weighted by atomic mass is 32.1. The number of quaternary nitrogens is 1. The van der Waals surface area contributed by atoms with Gasteiger partial charge >= 0.3 is 11.1 Å². The van der Waals surface area contributed by atoms with Crippen LogP contribution in [0.5, 0.6) is 5.75 Å². The van der Waals surface area contributed by atoms with E-state index in [2.05, 4.69) is 16.1 Å². The lowest BCUT2D eigenvalue weighted by Crippen LogP contribution is -2.51. The zero-order valence-electron chi connectivity index (χ0n) is 16.4. The minimum absolute atomic E-state index is 0.00462. The fourth-order valence-corrected chi connectivity index (χ4v) is 4.30. The molecule has 4 rings (SSSR count). The summed E-state index contributed by atoms with van der Waals surface area (Å²) < 4.78 is 9.81. The van der Waals surface area contributed by atoms with Crippen molar-refractivity contribution in [2.75, 3.05) is 26.4 Å². The second kappa shape index (κ2) is 8.56. The molecule has 1 aromatic heterocycles. The van der Waals surface area contributed by atoms with Crippen LogP contribution in [0.1, 0.15) is 23.8 Å². The highest BCUT2D eigenvalue weighted by Gasteiger charge is 2.47. The van der Waals surface area contributed by atoms with Gasteiger partial charge in [-0.1, -0.05) is 11.0 Å². The molecule has 12 heteroatoms. The van der Waals surface area contributed by atoms with Gasteiger partial charge in [-0.25, -0.2) is 9.69 Å². The quantitative estimate of drug-likeness (QED) is 0.149. The number of non-ortho nitro benzene ring substituents is 1. The fraction of sp³-hybridized carbons (Fsp3) is 0.421. The van der Waals surface area contributed by atoms with Crippen molar-refractivity contribution < 1.29 is 19.2 Å². The van der Waals surface area contributed by atoms with Gasteiger partial charge < -0.3 is 14.7 Å². The molecule has 2 unspecified atom stereocenters. The predicted octanol–water partition coefficient (Wildman–Crippen LogP) is 1.98. The first kappa shape index (κ1) is 21.1. The van der Waals surface area contributed by atoms with Crippen LogP contribution in [0.15, 0.2) is 24.3 Å². The molecule has 0 amide bonds. The summed E-state index contributed by atoms with van der Waals surface area (Å²) in [6.45, 7) is -0.0449. The topological polar surface area (TPSA) is 131 Å². The van der Waals surface area contributed by atoms with Crippen molar-refractivity contribution in [3.63, 3.8) is 0 Å². The maximum absolute atomic E-state index is 13.6. The smallest absolute Gasteiger partial charge is 0.348 e. The van der Waals surface area contributed by atoms with Crippen LogP contribution in [0.3, 0.4) is 0 Å². The molecule has 1 aliphatic carbocycles. The zero-order chi connectivity index (χ0) is 22.0. The van der Waals surface area contributed by atoms with Gasteiger partial charge in [-0.2, -0.15) is 0 Å². The number of hydroxylamine groups is 2. The van der Waals surface area contributed by atoms with E-state index in [0.29, 0.717) is 5.92 Å². The van der Waals surface area contributed by atoms with Gasteiger partial charge in [-0.05, 0) is 36.3 Å². The lowest BCUT2D eigenvalue weighted by Gasteiger charge is -2.38. The van der Waals surface area contributed by atoms with E-state index in [-0.39, 0.29) is 36.3 Å². The molecule has 2 heterocycles. The van der Waals surface area contributed by atoms with Crippen LogP contribution < -0.4 is 9.38 Å². The Bertz CT molecular complexity index is 1020. The first-order valence-electron chi connectivity index (χ1n) is 9.54. The number of hydrogen-bond donors (Lipinski definition) is 0. The second-order valence-corrected chi connectivity index (χ2v) is 8.32. The molecule has 1 aliphatic heterocycles. The van der Waals surface area contributed by atoms with E-state index < -0.39 is 28.4 Å². The van der Waals surface area contributed by atoms with Crippen molar-refractivity contribution >= 4 is 28.1 Å². The Labute approximate surface area is 181 Å². The van der Waals surface area contributed by atoms with Gasteiger partial charge in [0.1, 0.15) is 17.4 Å². The van der Waals surface area contributed by atoms with Gasteiger partial charge in [-0.15, -0.1) is 11.5 Å². The first-order valence-corrected chi connectivity index (χ1v) is 10.4. The second-order valence-electron chi connectivity index (χ2n) is 7.33. The number of ether oxygens (including phenoxy) is 2. The van der Waals surface area contributed by atoms with Gasteiger partial charge in [0.2, 0.25) is 0 Å². The third-order valence-corrected chi connectivity index (χ3v) is 6.15. The molecule has 0 spiro atoms. The Morgan fingerprint density at radius 2 is 2.10 bits per heavy atom. The number of esters is 1. The number of carbonyl (C=O) groups excluding carboxylic acids is 1. The summed E-state index contributed by atoms with van der Waals surface area (Å²) in [7, 11) is 0. The van der Waals surface area contributed by atoms with Crippen molar-refractivity contribution in [1.82, 2.24) is 19.7 Å². The molecular formula is C19H19N5O6S. The molecule has 31 heavy (non-hydrogen) atoms. The van der Waals surface area contributed by atoms with Crippen LogP contribution in [0.4, 0.5) is 10.8 Å². The molecule has 1 saturated carbocycles. The van der Waals surface area contributed by atoms with Crippen molar-refractivity contribution in [2.45, 2.75) is 25.0 Å². The van der Waals surface area contributed by atoms with Crippen LogP contribution in [0, 0.1) is 27.7 Å². The van der Waals surface area contributed by atoms with Crippen molar-refractivity contribution in [3.8, 4) is 18.1 Å². The Kier molecular flexibility index (Phi) is 5.84. The summed E-state index contributed by atoms with van der Waals surface area (Å²) in [6.07, 6.45) is 6.40. The third-order valence-electron chi connectivity index (χ3n) is 4.96. The van der Waals surface area contributed by atoms with Crippen LogP contribution in [-0.2, 0) is 9.53 Å². The highest BCUT2D eigenvalue weighted by Crippen LogP contribution is 2.44. The maximum atomic E-state index is 13.6. The van der Waals surface area contributed by atoms with E-state index in [1.807, 2.05) is 0 Å². The molecule has 0 N–H and O–H groups in total. The Morgan fingerprint density at radius 3 is 2.74 bits per heavy atom. The van der Waals surface area contributed by atoms with Crippen molar-refractivity contribution in [2.24, 2.45) is 0 Å². The molecule has 0 bridgehead atoms. The molecule has 1 aromatic carbocycles. The van der Waals surface area contributed by atoms with Gasteiger partial charge in [0.05, 0.1) is 18.0 Å². The summed E-state index contributed by atoms with van der Waals surface area (Å²) >= 11 is 1.25. The molecule has 162 valence electrons. The van der Waals surface area contributed by atoms with Crippen LogP contribution in [0.2, 0.25) is 0 Å². The monoisotopic (exact) mass is 445 g/mol. The lowest BCUT2D eigenvalue weighted by molar-refractivity contribution is -0.384. The summed E-state index contributed by atoms with van der Waals surface area (Å²) in [5, 5.41) is 33.6. The number of rotatable bonds is 8. The minimum atomic E-state index is -1.05. The Balaban J connectivity index is 1.42. The number of nitrogens with zero attached hydrogens (tertiary/aromatic N) is 5. The van der Waals surface area contributed by atoms with E-state index in [0.717, 1.165) is 17.8 Å². The number of hydrogen-bond acceptors (Lipinski definition) is 10.